The van der Waals surface area contributed by atoms with E-state index in [0.717, 1.165) is 37.7 Å². The largest absolute Gasteiger partial charge is 0.508 e. The predicted octanol–water partition coefficient (Wildman–Crippen LogP) is 5.07. The fourth-order valence-corrected chi connectivity index (χ4v) is 3.55. The smallest absolute Gasteiger partial charge is 0.347 e. The van der Waals surface area contributed by atoms with Crippen molar-refractivity contribution in [3.05, 3.63) is 62.5 Å². The van der Waals surface area contributed by atoms with Crippen LogP contribution in [0.3, 0.4) is 0 Å². The number of phenols is 1. The number of nitrogens with one attached hydrogen (secondary N) is 1. The molecule has 2 heterocycles. The molecule has 0 saturated heterocycles. The lowest BCUT2D eigenvalue weighted by atomic mass is 10.0. The molecule has 0 amide bonds. The molecule has 0 radical (unpaired) electrons. The van der Waals surface area contributed by atoms with Gasteiger partial charge in [-0.05, 0) is 36.6 Å². The number of hydrogen-bond acceptors (Lipinski definition) is 6. The summed E-state index contributed by atoms with van der Waals surface area (Å²) in [6.45, 7) is 2.15. The Bertz CT molecular complexity index is 1310. The standard InChI is InChI=1S/C22H21N3O5/c1-2-3-4-5-6-13-9-14-10-16(22(27)30-20(14)12-19(13)26)21-23-17-8-7-15(25(28)29)11-18(17)24-21/h7-12,26H,2-6H2,1H3,(H,23,24). The molecule has 154 valence electrons. The number of non-ortho nitro benzene ring substituents is 1. The second-order valence-electron chi connectivity index (χ2n) is 7.32. The summed E-state index contributed by atoms with van der Waals surface area (Å²) in [5.74, 6) is 0.393. The summed E-state index contributed by atoms with van der Waals surface area (Å²) in [6, 6.07) is 9.24. The van der Waals surface area contributed by atoms with E-state index in [1.54, 1.807) is 6.07 Å². The Balaban J connectivity index is 1.74. The van der Waals surface area contributed by atoms with Crippen LogP contribution in [0.5, 0.6) is 5.75 Å². The summed E-state index contributed by atoms with van der Waals surface area (Å²) >= 11 is 0. The summed E-state index contributed by atoms with van der Waals surface area (Å²) in [5.41, 5.74) is 1.63. The lowest BCUT2D eigenvalue weighted by Gasteiger charge is -2.07. The maximum absolute atomic E-state index is 12.5. The van der Waals surface area contributed by atoms with E-state index in [0.29, 0.717) is 22.0 Å². The van der Waals surface area contributed by atoms with E-state index < -0.39 is 10.5 Å². The maximum atomic E-state index is 12.5. The number of nitro benzene ring substituents is 1. The number of aromatic hydroxyl groups is 1. The predicted molar refractivity (Wildman–Crippen MR) is 114 cm³/mol. The van der Waals surface area contributed by atoms with Gasteiger partial charge in [-0.15, -0.1) is 0 Å². The molecule has 0 aliphatic heterocycles. The maximum Gasteiger partial charge on any atom is 0.347 e. The third-order valence-corrected chi connectivity index (χ3v) is 5.16. The molecule has 0 aliphatic carbocycles. The number of rotatable bonds is 7. The summed E-state index contributed by atoms with van der Waals surface area (Å²) in [4.78, 5) is 30.3. The Labute approximate surface area is 171 Å². The zero-order valence-corrected chi connectivity index (χ0v) is 16.5. The molecule has 0 bridgehead atoms. The van der Waals surface area contributed by atoms with Crippen molar-refractivity contribution >= 4 is 27.7 Å². The number of benzene rings is 2. The van der Waals surface area contributed by atoms with Crippen LogP contribution >= 0.6 is 0 Å². The Morgan fingerprint density at radius 2 is 2.00 bits per heavy atom. The number of imidazole rings is 1. The molecule has 0 aliphatic rings. The average Bonchev–Trinajstić information content (AvgIpc) is 3.14. The van der Waals surface area contributed by atoms with Gasteiger partial charge < -0.3 is 14.5 Å². The normalized spacial score (nSPS) is 11.4. The number of hydrogen-bond donors (Lipinski definition) is 2. The first-order valence-corrected chi connectivity index (χ1v) is 9.90. The fraction of sp³-hybridized carbons (Fsp3) is 0.273. The van der Waals surface area contributed by atoms with Gasteiger partial charge in [-0.2, -0.15) is 0 Å². The quantitative estimate of drug-likeness (QED) is 0.191. The van der Waals surface area contributed by atoms with Gasteiger partial charge in [-0.3, -0.25) is 10.1 Å². The Morgan fingerprint density at radius 1 is 1.17 bits per heavy atom. The number of aromatic nitrogens is 2. The molecule has 0 saturated carbocycles. The number of nitrogens with zero attached hydrogens (tertiary/aromatic N) is 2. The first-order valence-electron chi connectivity index (χ1n) is 9.90. The van der Waals surface area contributed by atoms with E-state index in [9.17, 15) is 20.0 Å². The van der Waals surface area contributed by atoms with Crippen molar-refractivity contribution in [2.75, 3.05) is 0 Å². The lowest BCUT2D eigenvalue weighted by Crippen LogP contribution is -2.04. The van der Waals surface area contributed by atoms with Gasteiger partial charge >= 0.3 is 5.63 Å². The number of fused-ring (bicyclic) bond motifs is 2. The third kappa shape index (κ3) is 3.76. The minimum Gasteiger partial charge on any atom is -0.508 e. The van der Waals surface area contributed by atoms with E-state index in [1.165, 1.54) is 24.3 Å². The van der Waals surface area contributed by atoms with Gasteiger partial charge in [0.1, 0.15) is 22.7 Å². The van der Waals surface area contributed by atoms with E-state index in [4.69, 9.17) is 4.42 Å². The van der Waals surface area contributed by atoms with Crippen molar-refractivity contribution in [2.45, 2.75) is 39.0 Å². The highest BCUT2D eigenvalue weighted by Crippen LogP contribution is 2.29. The van der Waals surface area contributed by atoms with E-state index in [-0.39, 0.29) is 22.8 Å². The molecule has 2 aromatic heterocycles. The second-order valence-corrected chi connectivity index (χ2v) is 7.32. The van der Waals surface area contributed by atoms with Gasteiger partial charge in [0.05, 0.1) is 16.0 Å². The van der Waals surface area contributed by atoms with E-state index in [1.807, 2.05) is 6.07 Å². The van der Waals surface area contributed by atoms with E-state index in [2.05, 4.69) is 16.9 Å². The summed E-state index contributed by atoms with van der Waals surface area (Å²) in [7, 11) is 0. The highest BCUT2D eigenvalue weighted by molar-refractivity contribution is 5.85. The van der Waals surface area contributed by atoms with Crippen LogP contribution in [0.1, 0.15) is 38.2 Å². The summed E-state index contributed by atoms with van der Waals surface area (Å²) in [5, 5.41) is 21.9. The van der Waals surface area contributed by atoms with Crippen molar-refractivity contribution in [3.8, 4) is 17.1 Å². The molecule has 0 atom stereocenters. The van der Waals surface area contributed by atoms with Crippen LogP contribution in [0.15, 0.2) is 45.6 Å². The van der Waals surface area contributed by atoms with Crippen LogP contribution in [0, 0.1) is 10.1 Å². The molecular weight excluding hydrogens is 386 g/mol. The van der Waals surface area contributed by atoms with Crippen LogP contribution < -0.4 is 5.63 Å². The van der Waals surface area contributed by atoms with Gasteiger partial charge in [-0.1, -0.05) is 26.2 Å². The SMILES string of the molecule is CCCCCCc1cc2cc(-c3nc4ccc([N+](=O)[O-])cc4[nH]3)c(=O)oc2cc1O. The molecule has 8 heteroatoms. The first-order chi connectivity index (χ1) is 14.5. The minimum atomic E-state index is -0.605. The van der Waals surface area contributed by atoms with Crippen molar-refractivity contribution in [1.29, 1.82) is 0 Å². The van der Waals surface area contributed by atoms with Crippen molar-refractivity contribution in [2.24, 2.45) is 0 Å². The summed E-state index contributed by atoms with van der Waals surface area (Å²) < 4.78 is 5.40. The van der Waals surface area contributed by atoms with Gasteiger partial charge in [0.25, 0.3) is 5.69 Å². The van der Waals surface area contributed by atoms with Gasteiger partial charge in [0.15, 0.2) is 0 Å². The Hall–Kier alpha value is -3.68. The zero-order valence-electron chi connectivity index (χ0n) is 16.5. The molecule has 0 unspecified atom stereocenters. The fourth-order valence-electron chi connectivity index (χ4n) is 3.55. The van der Waals surface area contributed by atoms with Crippen molar-refractivity contribution < 1.29 is 14.4 Å². The second kappa shape index (κ2) is 7.98. The van der Waals surface area contributed by atoms with Gasteiger partial charge in [-0.25, -0.2) is 9.78 Å². The zero-order chi connectivity index (χ0) is 21.3. The van der Waals surface area contributed by atoms with Crippen LogP contribution in [0.25, 0.3) is 33.4 Å². The van der Waals surface area contributed by atoms with Crippen LogP contribution in [-0.2, 0) is 6.42 Å². The van der Waals surface area contributed by atoms with Crippen molar-refractivity contribution in [3.63, 3.8) is 0 Å². The number of H-pyrrole nitrogens is 1. The molecule has 4 rings (SSSR count). The first kappa shape index (κ1) is 19.6. The Kier molecular flexibility index (Phi) is 5.22. The number of phenolic OH excluding ortho intramolecular Hbond substituents is 1. The van der Waals surface area contributed by atoms with Gasteiger partial charge in [0.2, 0.25) is 0 Å². The highest BCUT2D eigenvalue weighted by atomic mass is 16.6. The molecule has 4 aromatic rings. The molecule has 0 fully saturated rings. The average molecular weight is 407 g/mol. The third-order valence-electron chi connectivity index (χ3n) is 5.16. The highest BCUT2D eigenvalue weighted by Gasteiger charge is 2.16. The van der Waals surface area contributed by atoms with Crippen LogP contribution in [0.2, 0.25) is 0 Å². The number of aromatic amines is 1. The molecule has 0 spiro atoms. The topological polar surface area (TPSA) is 122 Å². The molecule has 2 N–H and O–H groups in total. The monoisotopic (exact) mass is 407 g/mol. The van der Waals surface area contributed by atoms with Gasteiger partial charge in [0, 0.05) is 23.6 Å². The van der Waals surface area contributed by atoms with E-state index >= 15 is 0 Å². The minimum absolute atomic E-state index is 0.0635. The van der Waals surface area contributed by atoms with Crippen molar-refractivity contribution in [1.82, 2.24) is 9.97 Å². The number of aryl methyl sites for hydroxylation is 1. The molecule has 8 nitrogen and oxygen atoms in total. The summed E-state index contributed by atoms with van der Waals surface area (Å²) in [6.07, 6.45) is 5.09. The van der Waals surface area contributed by atoms with Crippen LogP contribution in [-0.4, -0.2) is 20.0 Å². The van der Waals surface area contributed by atoms with Crippen LogP contribution in [0.4, 0.5) is 5.69 Å². The molecule has 2 aromatic carbocycles. The molecular formula is C22H21N3O5. The molecule has 30 heavy (non-hydrogen) atoms. The lowest BCUT2D eigenvalue weighted by molar-refractivity contribution is -0.384. The number of unbranched alkanes of at least 4 members (excludes halogenated alkanes) is 3. The number of nitro groups is 1. The Morgan fingerprint density at radius 3 is 2.77 bits per heavy atom.